The lowest BCUT2D eigenvalue weighted by atomic mass is 10.2. The zero-order chi connectivity index (χ0) is 15.9. The van der Waals surface area contributed by atoms with E-state index in [0.717, 1.165) is 24.3 Å². The first kappa shape index (κ1) is 19.4. The van der Waals surface area contributed by atoms with Gasteiger partial charge >= 0.3 is 0 Å². The number of aliphatic imine (C=N–C) groups is 1. The molecule has 126 valence electrons. The van der Waals surface area contributed by atoms with Gasteiger partial charge in [0.25, 0.3) is 0 Å². The Hall–Kier alpha value is -1.64. The van der Waals surface area contributed by atoms with Crippen LogP contribution in [-0.4, -0.2) is 35.5 Å². The van der Waals surface area contributed by atoms with Gasteiger partial charge in [-0.1, -0.05) is 0 Å². The van der Waals surface area contributed by atoms with E-state index in [1.54, 1.807) is 18.4 Å². The Bertz CT molecular complexity index is 623. The molecule has 2 N–H and O–H groups in total. The molecular weight excluding hydrogens is 410 g/mol. The molecule has 0 radical (unpaired) electrons. The second-order valence-corrected chi connectivity index (χ2v) is 4.81. The fourth-order valence-corrected chi connectivity index (χ4v) is 2.08. The quantitative estimate of drug-likeness (QED) is 0.432. The predicted octanol–water partition coefficient (Wildman–Crippen LogP) is 3.30. The van der Waals surface area contributed by atoms with Crippen molar-refractivity contribution in [3.8, 4) is 11.5 Å². The zero-order valence-electron chi connectivity index (χ0n) is 13.3. The lowest BCUT2D eigenvalue weighted by Gasteiger charge is -2.19. The van der Waals surface area contributed by atoms with E-state index in [0.29, 0.717) is 24.8 Å². The second kappa shape index (κ2) is 9.49. The molecule has 23 heavy (non-hydrogen) atoms. The van der Waals surface area contributed by atoms with E-state index in [1.165, 1.54) is 12.1 Å². The van der Waals surface area contributed by atoms with Crippen molar-refractivity contribution < 1.29 is 8.81 Å². The zero-order valence-corrected chi connectivity index (χ0v) is 15.7. The first-order chi connectivity index (χ1) is 10.6. The van der Waals surface area contributed by atoms with Crippen LogP contribution in [0.5, 0.6) is 0 Å². The minimum Gasteiger partial charge on any atom is -0.444 e. The van der Waals surface area contributed by atoms with Gasteiger partial charge in [0.15, 0.2) is 5.96 Å². The summed E-state index contributed by atoms with van der Waals surface area (Å²) in [5.41, 5.74) is 7.46. The van der Waals surface area contributed by atoms with E-state index >= 15 is 0 Å². The van der Waals surface area contributed by atoms with Crippen LogP contribution < -0.4 is 5.73 Å². The largest absolute Gasteiger partial charge is 0.444 e. The minimum atomic E-state index is -0.281. The highest BCUT2D eigenvalue weighted by atomic mass is 127. The van der Waals surface area contributed by atoms with E-state index in [2.05, 4.69) is 9.98 Å². The third-order valence-electron chi connectivity index (χ3n) is 3.37. The molecule has 0 atom stereocenters. The molecule has 2 aromatic rings. The lowest BCUT2D eigenvalue weighted by molar-refractivity contribution is 0.458. The summed E-state index contributed by atoms with van der Waals surface area (Å²) in [4.78, 5) is 10.7. The van der Waals surface area contributed by atoms with Crippen molar-refractivity contribution in [1.29, 1.82) is 0 Å². The minimum absolute atomic E-state index is 0. The molecule has 0 aliphatic carbocycles. The SMILES string of the molecule is CCN(CC)C(N)=NCCc1coc(-c2ccc(F)cc2)n1.I. The molecule has 0 aliphatic heterocycles. The molecule has 0 bridgehead atoms. The van der Waals surface area contributed by atoms with Crippen LogP contribution in [0.2, 0.25) is 0 Å². The van der Waals surface area contributed by atoms with Crippen LogP contribution in [-0.2, 0) is 6.42 Å². The molecule has 0 saturated carbocycles. The average molecular weight is 432 g/mol. The Kier molecular flexibility index (Phi) is 8.01. The topological polar surface area (TPSA) is 67.7 Å². The highest BCUT2D eigenvalue weighted by molar-refractivity contribution is 14.0. The number of nitrogens with two attached hydrogens (primary N) is 1. The Balaban J connectivity index is 0.00000264. The van der Waals surface area contributed by atoms with Gasteiger partial charge in [-0.05, 0) is 38.1 Å². The van der Waals surface area contributed by atoms with E-state index in [1.807, 2.05) is 18.7 Å². The highest BCUT2D eigenvalue weighted by Gasteiger charge is 2.07. The molecular formula is C16H22FIN4O. The maximum atomic E-state index is 12.9. The summed E-state index contributed by atoms with van der Waals surface area (Å²) in [6.45, 7) is 6.31. The van der Waals surface area contributed by atoms with Gasteiger partial charge in [-0.25, -0.2) is 9.37 Å². The first-order valence-corrected chi connectivity index (χ1v) is 7.39. The molecule has 1 heterocycles. The molecule has 0 amide bonds. The summed E-state index contributed by atoms with van der Waals surface area (Å²) < 4.78 is 18.3. The van der Waals surface area contributed by atoms with Crippen molar-refractivity contribution in [3.63, 3.8) is 0 Å². The van der Waals surface area contributed by atoms with E-state index in [9.17, 15) is 4.39 Å². The number of benzene rings is 1. The van der Waals surface area contributed by atoms with E-state index in [4.69, 9.17) is 10.2 Å². The molecule has 1 aromatic heterocycles. The molecule has 0 spiro atoms. The third kappa shape index (κ3) is 5.49. The second-order valence-electron chi connectivity index (χ2n) is 4.81. The number of nitrogens with zero attached hydrogens (tertiary/aromatic N) is 3. The number of aromatic nitrogens is 1. The van der Waals surface area contributed by atoms with Gasteiger partial charge in [-0.15, -0.1) is 24.0 Å². The first-order valence-electron chi connectivity index (χ1n) is 7.39. The van der Waals surface area contributed by atoms with Crippen LogP contribution >= 0.6 is 24.0 Å². The average Bonchev–Trinajstić information content (AvgIpc) is 2.98. The number of halogens is 2. The molecule has 1 aromatic carbocycles. The highest BCUT2D eigenvalue weighted by Crippen LogP contribution is 2.19. The molecule has 0 aliphatic rings. The molecule has 0 unspecified atom stereocenters. The van der Waals surface area contributed by atoms with Gasteiger partial charge in [0.1, 0.15) is 12.1 Å². The Morgan fingerprint density at radius 1 is 1.26 bits per heavy atom. The van der Waals surface area contributed by atoms with Crippen LogP contribution in [0.15, 0.2) is 39.9 Å². The summed E-state index contributed by atoms with van der Waals surface area (Å²) in [7, 11) is 0. The monoisotopic (exact) mass is 432 g/mol. The number of hydrogen-bond donors (Lipinski definition) is 1. The fraction of sp³-hybridized carbons (Fsp3) is 0.375. The molecule has 7 heteroatoms. The van der Waals surface area contributed by atoms with Gasteiger partial charge in [0.05, 0.1) is 5.69 Å². The van der Waals surface area contributed by atoms with Crippen molar-refractivity contribution in [1.82, 2.24) is 9.88 Å². The van der Waals surface area contributed by atoms with Gasteiger partial charge in [0, 0.05) is 31.6 Å². The van der Waals surface area contributed by atoms with Gasteiger partial charge < -0.3 is 15.1 Å². The predicted molar refractivity (Wildman–Crippen MR) is 100 cm³/mol. The molecule has 2 rings (SSSR count). The molecule has 0 fully saturated rings. The van der Waals surface area contributed by atoms with Crippen molar-refractivity contribution >= 4 is 29.9 Å². The summed E-state index contributed by atoms with van der Waals surface area (Å²) >= 11 is 0. The van der Waals surface area contributed by atoms with Crippen molar-refractivity contribution in [2.75, 3.05) is 19.6 Å². The van der Waals surface area contributed by atoms with Crippen LogP contribution in [0.3, 0.4) is 0 Å². The standard InChI is InChI=1S/C16H21FN4O.HI/c1-3-21(4-2)16(18)19-10-9-14-11-22-15(20-14)12-5-7-13(17)8-6-12;/h5-8,11H,3-4,9-10H2,1-2H3,(H2,18,19);1H. The normalized spacial score (nSPS) is 11.2. The third-order valence-corrected chi connectivity index (χ3v) is 3.37. The molecule has 0 saturated heterocycles. The van der Waals surface area contributed by atoms with Gasteiger partial charge in [0.2, 0.25) is 5.89 Å². The van der Waals surface area contributed by atoms with Crippen LogP contribution in [0.25, 0.3) is 11.5 Å². The van der Waals surface area contributed by atoms with Crippen LogP contribution in [0.1, 0.15) is 19.5 Å². The summed E-state index contributed by atoms with van der Waals surface area (Å²) in [6, 6.07) is 6.05. The van der Waals surface area contributed by atoms with Crippen molar-refractivity contribution in [2.45, 2.75) is 20.3 Å². The summed E-state index contributed by atoms with van der Waals surface area (Å²) in [5, 5.41) is 0. The van der Waals surface area contributed by atoms with E-state index < -0.39 is 0 Å². The maximum Gasteiger partial charge on any atom is 0.226 e. The van der Waals surface area contributed by atoms with Crippen molar-refractivity contribution in [2.24, 2.45) is 10.7 Å². The Morgan fingerprint density at radius 3 is 2.52 bits per heavy atom. The van der Waals surface area contributed by atoms with Crippen LogP contribution in [0, 0.1) is 5.82 Å². The maximum absolute atomic E-state index is 12.9. The summed E-state index contributed by atoms with van der Waals surface area (Å²) in [5.74, 6) is 0.750. The lowest BCUT2D eigenvalue weighted by Crippen LogP contribution is -2.37. The fourth-order valence-electron chi connectivity index (χ4n) is 2.08. The smallest absolute Gasteiger partial charge is 0.226 e. The Labute approximate surface area is 152 Å². The molecule has 5 nitrogen and oxygen atoms in total. The number of hydrogen-bond acceptors (Lipinski definition) is 3. The summed E-state index contributed by atoms with van der Waals surface area (Å²) in [6.07, 6.45) is 2.24. The van der Waals surface area contributed by atoms with Crippen LogP contribution in [0.4, 0.5) is 4.39 Å². The number of guanidine groups is 1. The Morgan fingerprint density at radius 2 is 1.91 bits per heavy atom. The van der Waals surface area contributed by atoms with Crippen molar-refractivity contribution in [3.05, 3.63) is 42.0 Å². The van der Waals surface area contributed by atoms with E-state index in [-0.39, 0.29) is 29.8 Å². The number of rotatable bonds is 6. The number of oxazole rings is 1. The van der Waals surface area contributed by atoms with Gasteiger partial charge in [-0.3, -0.25) is 4.99 Å². The van der Waals surface area contributed by atoms with Gasteiger partial charge in [-0.2, -0.15) is 0 Å².